The van der Waals surface area contributed by atoms with E-state index >= 15 is 0 Å². The number of rotatable bonds is 4. The summed E-state index contributed by atoms with van der Waals surface area (Å²) in [5.74, 6) is 0.824. The van der Waals surface area contributed by atoms with E-state index in [0.717, 1.165) is 45.9 Å². The third kappa shape index (κ3) is 2.56. The van der Waals surface area contributed by atoms with Gasteiger partial charge in [-0.1, -0.05) is 49.4 Å². The third-order valence-corrected chi connectivity index (χ3v) is 4.37. The summed E-state index contributed by atoms with van der Waals surface area (Å²) in [6, 6.07) is 20.3. The number of hydrogen-bond acceptors (Lipinski definition) is 3. The fourth-order valence-corrected chi connectivity index (χ4v) is 3.20. The SMILES string of the molecule is CCc1nn2c(-c3ccccc3OC)ccnc2c1-c1ccccc1. The van der Waals surface area contributed by atoms with E-state index in [2.05, 4.69) is 24.0 Å². The molecule has 0 saturated heterocycles. The number of ether oxygens (including phenoxy) is 1. The van der Waals surface area contributed by atoms with Gasteiger partial charge in [0.15, 0.2) is 5.65 Å². The molecule has 124 valence electrons. The second-order valence-corrected chi connectivity index (χ2v) is 5.81. The minimum atomic E-state index is 0.824. The van der Waals surface area contributed by atoms with Crippen LogP contribution in [0.1, 0.15) is 12.6 Å². The summed E-state index contributed by atoms with van der Waals surface area (Å²) in [5.41, 5.74) is 6.12. The first-order valence-electron chi connectivity index (χ1n) is 8.39. The fraction of sp³-hybridized carbons (Fsp3) is 0.143. The summed E-state index contributed by atoms with van der Waals surface area (Å²) in [5, 5.41) is 4.86. The van der Waals surface area contributed by atoms with E-state index in [4.69, 9.17) is 9.84 Å². The molecule has 0 amide bonds. The maximum absolute atomic E-state index is 5.54. The van der Waals surface area contributed by atoms with Crippen LogP contribution in [0.5, 0.6) is 5.75 Å². The molecule has 4 nitrogen and oxygen atoms in total. The van der Waals surface area contributed by atoms with Gasteiger partial charge in [0, 0.05) is 17.3 Å². The van der Waals surface area contributed by atoms with Crippen molar-refractivity contribution in [3.05, 3.63) is 72.6 Å². The molecule has 25 heavy (non-hydrogen) atoms. The minimum absolute atomic E-state index is 0.824. The molecule has 0 saturated carbocycles. The van der Waals surface area contributed by atoms with Crippen molar-refractivity contribution in [3.8, 4) is 28.1 Å². The van der Waals surface area contributed by atoms with Gasteiger partial charge in [-0.15, -0.1) is 0 Å². The largest absolute Gasteiger partial charge is 0.496 e. The lowest BCUT2D eigenvalue weighted by molar-refractivity contribution is 0.416. The van der Waals surface area contributed by atoms with Gasteiger partial charge in [-0.05, 0) is 30.2 Å². The summed E-state index contributed by atoms with van der Waals surface area (Å²) in [6.07, 6.45) is 2.68. The van der Waals surface area contributed by atoms with Gasteiger partial charge in [0.2, 0.25) is 0 Å². The van der Waals surface area contributed by atoms with E-state index in [1.165, 1.54) is 0 Å². The molecule has 0 aliphatic carbocycles. The highest BCUT2D eigenvalue weighted by atomic mass is 16.5. The van der Waals surface area contributed by atoms with Gasteiger partial charge >= 0.3 is 0 Å². The van der Waals surface area contributed by atoms with Crippen LogP contribution < -0.4 is 4.74 Å². The zero-order valence-electron chi connectivity index (χ0n) is 14.3. The fourth-order valence-electron chi connectivity index (χ4n) is 3.20. The van der Waals surface area contributed by atoms with Gasteiger partial charge in [-0.25, -0.2) is 9.50 Å². The lowest BCUT2D eigenvalue weighted by Crippen LogP contribution is -1.98. The maximum atomic E-state index is 5.54. The molecule has 0 spiro atoms. The molecule has 2 heterocycles. The Morgan fingerprint density at radius 3 is 2.48 bits per heavy atom. The second-order valence-electron chi connectivity index (χ2n) is 5.81. The molecular formula is C21H19N3O. The number of benzene rings is 2. The van der Waals surface area contributed by atoms with Crippen molar-refractivity contribution in [1.82, 2.24) is 14.6 Å². The van der Waals surface area contributed by atoms with E-state index in [1.54, 1.807) is 7.11 Å². The molecular weight excluding hydrogens is 310 g/mol. The van der Waals surface area contributed by atoms with Crippen LogP contribution in [-0.4, -0.2) is 21.7 Å². The highest BCUT2D eigenvalue weighted by Crippen LogP contribution is 2.33. The second kappa shape index (κ2) is 6.40. The molecule has 4 heteroatoms. The molecule has 0 atom stereocenters. The van der Waals surface area contributed by atoms with Crippen LogP contribution in [0.4, 0.5) is 0 Å². The molecule has 0 radical (unpaired) electrons. The molecule has 2 aromatic heterocycles. The molecule has 0 aliphatic heterocycles. The quantitative estimate of drug-likeness (QED) is 0.548. The average Bonchev–Trinajstić information content (AvgIpc) is 3.07. The Labute approximate surface area is 146 Å². The Morgan fingerprint density at radius 1 is 0.960 bits per heavy atom. The van der Waals surface area contributed by atoms with Crippen LogP contribution in [0.3, 0.4) is 0 Å². The number of aryl methyl sites for hydroxylation is 1. The number of hydrogen-bond donors (Lipinski definition) is 0. The molecule has 0 N–H and O–H groups in total. The van der Waals surface area contributed by atoms with Gasteiger partial charge in [-0.3, -0.25) is 0 Å². The zero-order chi connectivity index (χ0) is 17.2. The van der Waals surface area contributed by atoms with Crippen molar-refractivity contribution >= 4 is 5.65 Å². The molecule has 2 aromatic carbocycles. The average molecular weight is 329 g/mol. The van der Waals surface area contributed by atoms with Crippen LogP contribution >= 0.6 is 0 Å². The summed E-state index contributed by atoms with van der Waals surface area (Å²) in [6.45, 7) is 2.12. The monoisotopic (exact) mass is 329 g/mol. The Bertz CT molecular complexity index is 1020. The highest BCUT2D eigenvalue weighted by Gasteiger charge is 2.18. The number of aromatic nitrogens is 3. The van der Waals surface area contributed by atoms with Gasteiger partial charge in [0.25, 0.3) is 0 Å². The smallest absolute Gasteiger partial charge is 0.163 e. The summed E-state index contributed by atoms with van der Waals surface area (Å²) < 4.78 is 7.46. The maximum Gasteiger partial charge on any atom is 0.163 e. The Kier molecular flexibility index (Phi) is 3.94. The van der Waals surface area contributed by atoms with Gasteiger partial charge in [0.05, 0.1) is 18.5 Å². The lowest BCUT2D eigenvalue weighted by Gasteiger charge is -2.09. The first kappa shape index (κ1) is 15.4. The predicted molar refractivity (Wildman–Crippen MR) is 99.8 cm³/mol. The Balaban J connectivity index is 2.02. The normalized spacial score (nSPS) is 11.0. The molecule has 0 bridgehead atoms. The van der Waals surface area contributed by atoms with Crippen LogP contribution in [-0.2, 0) is 6.42 Å². The van der Waals surface area contributed by atoms with Crippen molar-refractivity contribution < 1.29 is 4.74 Å². The lowest BCUT2D eigenvalue weighted by atomic mass is 10.0. The van der Waals surface area contributed by atoms with Crippen molar-refractivity contribution in [1.29, 1.82) is 0 Å². The Hall–Kier alpha value is -3.14. The van der Waals surface area contributed by atoms with Crippen LogP contribution in [0.25, 0.3) is 28.0 Å². The van der Waals surface area contributed by atoms with Gasteiger partial charge < -0.3 is 4.74 Å². The number of nitrogens with zero attached hydrogens (tertiary/aromatic N) is 3. The molecule has 4 aromatic rings. The van der Waals surface area contributed by atoms with E-state index in [9.17, 15) is 0 Å². The number of methoxy groups -OCH3 is 1. The first-order valence-corrected chi connectivity index (χ1v) is 8.39. The molecule has 0 aliphatic rings. The summed E-state index contributed by atoms with van der Waals surface area (Å²) in [4.78, 5) is 4.63. The highest BCUT2D eigenvalue weighted by molar-refractivity contribution is 5.82. The van der Waals surface area contributed by atoms with Gasteiger partial charge in [-0.2, -0.15) is 5.10 Å². The standard InChI is InChI=1S/C21H19N3O/c1-3-17-20(15-9-5-4-6-10-15)21-22-14-13-18(24(21)23-17)16-11-7-8-12-19(16)25-2/h4-14H,3H2,1-2H3. The minimum Gasteiger partial charge on any atom is -0.496 e. The van der Waals surface area contributed by atoms with Crippen LogP contribution in [0.15, 0.2) is 66.9 Å². The number of fused-ring (bicyclic) bond motifs is 1. The van der Waals surface area contributed by atoms with Crippen LogP contribution in [0.2, 0.25) is 0 Å². The predicted octanol–water partition coefficient (Wildman–Crippen LogP) is 4.63. The zero-order valence-corrected chi connectivity index (χ0v) is 14.3. The third-order valence-electron chi connectivity index (χ3n) is 4.37. The van der Waals surface area contributed by atoms with Crippen molar-refractivity contribution in [2.24, 2.45) is 0 Å². The summed E-state index contributed by atoms with van der Waals surface area (Å²) in [7, 11) is 1.69. The van der Waals surface area contributed by atoms with E-state index in [-0.39, 0.29) is 0 Å². The van der Waals surface area contributed by atoms with Gasteiger partial charge in [0.1, 0.15) is 5.75 Å². The number of para-hydroxylation sites is 1. The van der Waals surface area contributed by atoms with Crippen molar-refractivity contribution in [3.63, 3.8) is 0 Å². The summed E-state index contributed by atoms with van der Waals surface area (Å²) >= 11 is 0. The topological polar surface area (TPSA) is 39.4 Å². The van der Waals surface area contributed by atoms with E-state index in [0.29, 0.717) is 0 Å². The first-order chi connectivity index (χ1) is 12.3. The molecule has 0 unspecified atom stereocenters. The van der Waals surface area contributed by atoms with Crippen LogP contribution in [0, 0.1) is 0 Å². The van der Waals surface area contributed by atoms with E-state index in [1.807, 2.05) is 59.2 Å². The molecule has 0 fully saturated rings. The van der Waals surface area contributed by atoms with Crippen molar-refractivity contribution in [2.45, 2.75) is 13.3 Å². The van der Waals surface area contributed by atoms with E-state index < -0.39 is 0 Å². The van der Waals surface area contributed by atoms with Crippen molar-refractivity contribution in [2.75, 3.05) is 7.11 Å². The Morgan fingerprint density at radius 2 is 1.72 bits per heavy atom. The molecule has 4 rings (SSSR count).